The number of carbonyl (C=O) groups is 1. The molecular weight excluding hydrogens is 282 g/mol. The number of carbonyl (C=O) groups excluding carboxylic acids is 1. The number of halogens is 2. The minimum Gasteiger partial charge on any atom is -0.300 e. The quantitative estimate of drug-likeness (QED) is 0.598. The van der Waals surface area contributed by atoms with Crippen LogP contribution >= 0.6 is 0 Å². The molecule has 0 N–H and O–H groups in total. The number of rotatable bonds is 0. The third kappa shape index (κ3) is 1.77. The fraction of sp³-hybridized carbons (Fsp3) is 0.947. The highest BCUT2D eigenvalue weighted by molar-refractivity contribution is 5.79. The normalized spacial score (nSPS) is 53.5. The Labute approximate surface area is 132 Å². The third-order valence-electron chi connectivity index (χ3n) is 8.48. The first-order valence-corrected chi connectivity index (χ1v) is 9.17. The molecule has 0 aromatic carbocycles. The molecule has 4 aliphatic rings. The van der Waals surface area contributed by atoms with Gasteiger partial charge in [-0.3, -0.25) is 4.79 Å². The standard InChI is InChI=1S/C19H28F2O/c1-17-8-5-13(22)11-12(17)3-4-14-15(17)6-9-18(2)16(14)7-10-19(18,20)21/h12,14-16H,3-11H2,1-2H3/t12-,14+,15-,16+,17-,18+/m0/s1. The lowest BCUT2D eigenvalue weighted by molar-refractivity contribution is -0.170. The highest BCUT2D eigenvalue weighted by atomic mass is 19.3. The van der Waals surface area contributed by atoms with Crippen LogP contribution < -0.4 is 0 Å². The molecule has 0 bridgehead atoms. The van der Waals surface area contributed by atoms with E-state index in [4.69, 9.17) is 0 Å². The van der Waals surface area contributed by atoms with Crippen LogP contribution in [0.25, 0.3) is 0 Å². The molecule has 124 valence electrons. The van der Waals surface area contributed by atoms with Gasteiger partial charge in [-0.2, -0.15) is 0 Å². The van der Waals surface area contributed by atoms with E-state index in [0.717, 1.165) is 32.1 Å². The van der Waals surface area contributed by atoms with E-state index in [0.29, 0.717) is 42.8 Å². The maximum absolute atomic E-state index is 14.5. The predicted octanol–water partition coefficient (Wildman–Crippen LogP) is 5.23. The number of fused-ring (bicyclic) bond motifs is 5. The number of hydrogen-bond acceptors (Lipinski definition) is 1. The summed E-state index contributed by atoms with van der Waals surface area (Å²) in [5, 5.41) is 0. The molecule has 0 amide bonds. The van der Waals surface area contributed by atoms with Crippen LogP contribution in [-0.4, -0.2) is 11.7 Å². The molecule has 0 aromatic heterocycles. The minimum atomic E-state index is -2.47. The van der Waals surface area contributed by atoms with E-state index >= 15 is 0 Å². The lowest BCUT2D eigenvalue weighted by atomic mass is 9.45. The van der Waals surface area contributed by atoms with Gasteiger partial charge in [-0.1, -0.05) is 13.8 Å². The van der Waals surface area contributed by atoms with Crippen LogP contribution in [0.2, 0.25) is 0 Å². The summed E-state index contributed by atoms with van der Waals surface area (Å²) >= 11 is 0. The molecule has 0 aliphatic heterocycles. The number of Topliss-reactive ketones (excluding diaryl/α,β-unsaturated/α-hetero) is 1. The van der Waals surface area contributed by atoms with Crippen LogP contribution in [0.5, 0.6) is 0 Å². The smallest absolute Gasteiger partial charge is 0.253 e. The largest absolute Gasteiger partial charge is 0.300 e. The van der Waals surface area contributed by atoms with Crippen LogP contribution in [-0.2, 0) is 4.79 Å². The Morgan fingerprint density at radius 3 is 2.45 bits per heavy atom. The van der Waals surface area contributed by atoms with Gasteiger partial charge in [-0.25, -0.2) is 8.78 Å². The Balaban J connectivity index is 1.65. The summed E-state index contributed by atoms with van der Waals surface area (Å²) in [4.78, 5) is 11.8. The first-order chi connectivity index (χ1) is 10.3. The van der Waals surface area contributed by atoms with E-state index in [-0.39, 0.29) is 17.8 Å². The van der Waals surface area contributed by atoms with Gasteiger partial charge in [0, 0.05) is 24.7 Å². The van der Waals surface area contributed by atoms with Gasteiger partial charge in [0.1, 0.15) is 5.78 Å². The number of ketones is 1. The zero-order valence-corrected chi connectivity index (χ0v) is 13.8. The summed E-state index contributed by atoms with van der Waals surface area (Å²) in [6.07, 6.45) is 7.07. The molecule has 0 radical (unpaired) electrons. The second kappa shape index (κ2) is 4.54. The van der Waals surface area contributed by atoms with Crippen molar-refractivity contribution in [2.24, 2.45) is 34.5 Å². The van der Waals surface area contributed by atoms with Crippen molar-refractivity contribution in [3.63, 3.8) is 0 Å². The zero-order chi connectivity index (χ0) is 15.8. The lowest BCUT2D eigenvalue weighted by Gasteiger charge is -2.60. The summed E-state index contributed by atoms with van der Waals surface area (Å²) in [6, 6.07) is 0. The molecule has 22 heavy (non-hydrogen) atoms. The van der Waals surface area contributed by atoms with Gasteiger partial charge in [-0.15, -0.1) is 0 Å². The lowest BCUT2D eigenvalue weighted by Crippen LogP contribution is -2.55. The summed E-state index contributed by atoms with van der Waals surface area (Å²) in [5.41, 5.74) is -0.530. The Morgan fingerprint density at radius 1 is 0.955 bits per heavy atom. The molecule has 6 atom stereocenters. The molecule has 0 heterocycles. The fourth-order valence-electron chi connectivity index (χ4n) is 6.97. The van der Waals surface area contributed by atoms with Crippen molar-refractivity contribution in [3.8, 4) is 0 Å². The van der Waals surface area contributed by atoms with E-state index in [2.05, 4.69) is 6.92 Å². The van der Waals surface area contributed by atoms with E-state index < -0.39 is 11.3 Å². The van der Waals surface area contributed by atoms with Gasteiger partial charge in [0.15, 0.2) is 0 Å². The molecule has 3 heteroatoms. The average molecular weight is 310 g/mol. The van der Waals surface area contributed by atoms with Crippen molar-refractivity contribution < 1.29 is 13.6 Å². The Bertz CT molecular complexity index is 502. The first-order valence-electron chi connectivity index (χ1n) is 9.17. The molecule has 0 aromatic rings. The van der Waals surface area contributed by atoms with E-state index in [9.17, 15) is 13.6 Å². The van der Waals surface area contributed by atoms with Crippen LogP contribution in [0.15, 0.2) is 0 Å². The molecule has 4 aliphatic carbocycles. The summed E-state index contributed by atoms with van der Waals surface area (Å²) in [6.45, 7) is 4.23. The zero-order valence-electron chi connectivity index (χ0n) is 13.8. The van der Waals surface area contributed by atoms with Crippen LogP contribution in [0, 0.1) is 34.5 Å². The van der Waals surface area contributed by atoms with Crippen molar-refractivity contribution >= 4 is 5.78 Å². The minimum absolute atomic E-state index is 0.0933. The molecule has 0 spiro atoms. The second-order valence-corrected chi connectivity index (χ2v) is 9.10. The fourth-order valence-corrected chi connectivity index (χ4v) is 6.97. The Kier molecular flexibility index (Phi) is 3.11. The van der Waals surface area contributed by atoms with Crippen molar-refractivity contribution in [3.05, 3.63) is 0 Å². The molecule has 4 rings (SSSR count). The molecule has 4 saturated carbocycles. The van der Waals surface area contributed by atoms with E-state index in [1.165, 1.54) is 0 Å². The molecule has 0 saturated heterocycles. The molecule has 1 nitrogen and oxygen atoms in total. The summed E-state index contributed by atoms with van der Waals surface area (Å²) in [5.74, 6) is -0.275. The van der Waals surface area contributed by atoms with Crippen LogP contribution in [0.3, 0.4) is 0 Å². The van der Waals surface area contributed by atoms with E-state index in [1.54, 1.807) is 0 Å². The second-order valence-electron chi connectivity index (χ2n) is 9.10. The molecule has 4 fully saturated rings. The average Bonchev–Trinajstić information content (AvgIpc) is 2.70. The van der Waals surface area contributed by atoms with Gasteiger partial charge < -0.3 is 0 Å². The van der Waals surface area contributed by atoms with Gasteiger partial charge in [0.2, 0.25) is 0 Å². The van der Waals surface area contributed by atoms with Crippen molar-refractivity contribution in [1.29, 1.82) is 0 Å². The summed E-state index contributed by atoms with van der Waals surface area (Å²) in [7, 11) is 0. The monoisotopic (exact) mass is 310 g/mol. The maximum atomic E-state index is 14.5. The van der Waals surface area contributed by atoms with Gasteiger partial charge >= 0.3 is 0 Å². The van der Waals surface area contributed by atoms with Gasteiger partial charge in [0.25, 0.3) is 5.92 Å². The Hall–Kier alpha value is -0.470. The number of alkyl halides is 2. The molecular formula is C19H28F2O. The predicted molar refractivity (Wildman–Crippen MR) is 81.7 cm³/mol. The Morgan fingerprint density at radius 2 is 1.68 bits per heavy atom. The van der Waals surface area contributed by atoms with Gasteiger partial charge in [-0.05, 0) is 67.6 Å². The van der Waals surface area contributed by atoms with Crippen molar-refractivity contribution in [1.82, 2.24) is 0 Å². The van der Waals surface area contributed by atoms with Crippen molar-refractivity contribution in [2.75, 3.05) is 0 Å². The SMILES string of the molecule is C[C@]12CCC(=O)C[C@@H]1CC[C@H]1[C@H]3CCC(F)(F)[C@]3(C)CC[C@@H]12. The molecule has 0 unspecified atom stereocenters. The maximum Gasteiger partial charge on any atom is 0.253 e. The highest BCUT2D eigenvalue weighted by Crippen LogP contribution is 2.69. The van der Waals surface area contributed by atoms with E-state index in [1.807, 2.05) is 6.92 Å². The van der Waals surface area contributed by atoms with Crippen molar-refractivity contribution in [2.45, 2.75) is 77.6 Å². The summed E-state index contributed by atoms with van der Waals surface area (Å²) < 4.78 is 28.9. The highest BCUT2D eigenvalue weighted by Gasteiger charge is 2.66. The third-order valence-corrected chi connectivity index (χ3v) is 8.48. The number of hydrogen-bond donors (Lipinski definition) is 0. The topological polar surface area (TPSA) is 17.1 Å². The van der Waals surface area contributed by atoms with Gasteiger partial charge in [0.05, 0.1) is 0 Å². The van der Waals surface area contributed by atoms with Crippen LogP contribution in [0.1, 0.15) is 71.6 Å². The first kappa shape index (κ1) is 15.1. The van der Waals surface area contributed by atoms with Crippen LogP contribution in [0.4, 0.5) is 8.78 Å².